The molecule has 0 radical (unpaired) electrons. The van der Waals surface area contributed by atoms with E-state index in [1.165, 1.54) is 6.92 Å². The van der Waals surface area contributed by atoms with E-state index in [2.05, 4.69) is 5.32 Å². The lowest BCUT2D eigenvalue weighted by Crippen LogP contribution is -2.48. The van der Waals surface area contributed by atoms with Crippen LogP contribution < -0.4 is 5.32 Å². The van der Waals surface area contributed by atoms with Gasteiger partial charge >= 0.3 is 5.97 Å². The maximum absolute atomic E-state index is 11.1. The van der Waals surface area contributed by atoms with Crippen LogP contribution >= 0.6 is 0 Å². The van der Waals surface area contributed by atoms with E-state index >= 15 is 0 Å². The fourth-order valence-corrected chi connectivity index (χ4v) is 2.08. The molecule has 0 bridgehead atoms. The fourth-order valence-electron chi connectivity index (χ4n) is 2.08. The van der Waals surface area contributed by atoms with E-state index in [0.29, 0.717) is 0 Å². The Hall–Kier alpha value is -1.06. The van der Waals surface area contributed by atoms with Gasteiger partial charge in [0.1, 0.15) is 6.04 Å². The van der Waals surface area contributed by atoms with Crippen molar-refractivity contribution in [1.29, 1.82) is 0 Å². The van der Waals surface area contributed by atoms with Crippen molar-refractivity contribution >= 4 is 11.9 Å². The van der Waals surface area contributed by atoms with Gasteiger partial charge in [-0.05, 0) is 17.8 Å². The van der Waals surface area contributed by atoms with Crippen molar-refractivity contribution in [3.8, 4) is 0 Å². The molecule has 0 aliphatic carbocycles. The average Bonchev–Trinajstić information content (AvgIpc) is 2.00. The van der Waals surface area contributed by atoms with Crippen LogP contribution in [-0.2, 0) is 9.59 Å². The summed E-state index contributed by atoms with van der Waals surface area (Å²) in [5.41, 5.74) is 0. The number of aliphatic carboxylic acids is 1. The third-order valence-corrected chi connectivity index (χ3v) is 2.55. The molecule has 0 aromatic heterocycles. The Bertz CT molecular complexity index is 228. The molecule has 0 aromatic rings. The summed E-state index contributed by atoms with van der Waals surface area (Å²) in [6.07, 6.45) is 0. The van der Waals surface area contributed by atoms with Gasteiger partial charge < -0.3 is 10.4 Å². The quantitative estimate of drug-likeness (QED) is 0.730. The topological polar surface area (TPSA) is 66.4 Å². The van der Waals surface area contributed by atoms with Crippen LogP contribution in [0.5, 0.6) is 0 Å². The maximum atomic E-state index is 11.1. The highest BCUT2D eigenvalue weighted by molar-refractivity contribution is 5.82. The second kappa shape index (κ2) is 5.73. The Labute approximate surface area is 91.1 Å². The van der Waals surface area contributed by atoms with Crippen molar-refractivity contribution in [2.45, 2.75) is 40.7 Å². The fraction of sp³-hybridized carbons (Fsp3) is 0.818. The van der Waals surface area contributed by atoms with Gasteiger partial charge in [-0.1, -0.05) is 27.7 Å². The number of carboxylic acids is 1. The Morgan fingerprint density at radius 3 is 1.67 bits per heavy atom. The third-order valence-electron chi connectivity index (χ3n) is 2.55. The van der Waals surface area contributed by atoms with Crippen LogP contribution in [0.4, 0.5) is 0 Å². The molecule has 0 spiro atoms. The van der Waals surface area contributed by atoms with E-state index in [9.17, 15) is 9.59 Å². The molecule has 0 aliphatic heterocycles. The molecule has 15 heavy (non-hydrogen) atoms. The first kappa shape index (κ1) is 13.9. The standard InChI is InChI=1S/C11H21NO3/c1-6(2)9(7(3)4)10(11(14)15)12-8(5)13/h6-7,9-10H,1-5H3,(H,12,13)(H,14,15). The van der Waals surface area contributed by atoms with Gasteiger partial charge in [0.2, 0.25) is 5.91 Å². The highest BCUT2D eigenvalue weighted by Gasteiger charge is 2.33. The highest BCUT2D eigenvalue weighted by Crippen LogP contribution is 2.24. The van der Waals surface area contributed by atoms with Gasteiger partial charge in [0.25, 0.3) is 0 Å². The summed E-state index contributed by atoms with van der Waals surface area (Å²) >= 11 is 0. The molecule has 0 aliphatic rings. The van der Waals surface area contributed by atoms with E-state index in [-0.39, 0.29) is 23.7 Å². The van der Waals surface area contributed by atoms with Gasteiger partial charge in [-0.3, -0.25) is 4.79 Å². The smallest absolute Gasteiger partial charge is 0.326 e. The molecule has 0 aromatic carbocycles. The summed E-state index contributed by atoms with van der Waals surface area (Å²) in [5, 5.41) is 11.6. The molecule has 0 saturated heterocycles. The van der Waals surface area contributed by atoms with Crippen LogP contribution in [0.3, 0.4) is 0 Å². The maximum Gasteiger partial charge on any atom is 0.326 e. The zero-order valence-electron chi connectivity index (χ0n) is 10.1. The van der Waals surface area contributed by atoms with Crippen LogP contribution in [0.2, 0.25) is 0 Å². The van der Waals surface area contributed by atoms with Crippen LogP contribution in [-0.4, -0.2) is 23.0 Å². The lowest BCUT2D eigenvalue weighted by molar-refractivity contribution is -0.144. The number of amides is 1. The van der Waals surface area contributed by atoms with Crippen LogP contribution in [0.25, 0.3) is 0 Å². The lowest BCUT2D eigenvalue weighted by Gasteiger charge is -2.30. The van der Waals surface area contributed by atoms with E-state index in [1.54, 1.807) is 0 Å². The van der Waals surface area contributed by atoms with Crippen molar-refractivity contribution in [2.75, 3.05) is 0 Å². The lowest BCUT2D eigenvalue weighted by atomic mass is 9.79. The second-order valence-electron chi connectivity index (χ2n) is 4.58. The SMILES string of the molecule is CC(=O)NC(C(=O)O)C(C(C)C)C(C)C. The Morgan fingerprint density at radius 2 is 1.47 bits per heavy atom. The minimum absolute atomic E-state index is 0.0496. The monoisotopic (exact) mass is 215 g/mol. The molecule has 1 amide bonds. The van der Waals surface area contributed by atoms with Gasteiger partial charge in [0.15, 0.2) is 0 Å². The molecule has 0 rings (SSSR count). The molecule has 88 valence electrons. The Kier molecular flexibility index (Phi) is 5.33. The zero-order valence-corrected chi connectivity index (χ0v) is 10.1. The number of carboxylic acid groups (broad SMARTS) is 1. The number of hydrogen-bond donors (Lipinski definition) is 2. The first-order valence-electron chi connectivity index (χ1n) is 5.27. The molecular formula is C11H21NO3. The van der Waals surface area contributed by atoms with Gasteiger partial charge in [0.05, 0.1) is 0 Å². The Balaban J connectivity index is 4.84. The molecule has 4 nitrogen and oxygen atoms in total. The summed E-state index contributed by atoms with van der Waals surface area (Å²) in [7, 11) is 0. The number of carbonyl (C=O) groups excluding carboxylic acids is 1. The van der Waals surface area contributed by atoms with Gasteiger partial charge in [-0.15, -0.1) is 0 Å². The largest absolute Gasteiger partial charge is 0.480 e. The highest BCUT2D eigenvalue weighted by atomic mass is 16.4. The number of carbonyl (C=O) groups is 2. The molecule has 0 heterocycles. The van der Waals surface area contributed by atoms with Gasteiger partial charge in [-0.25, -0.2) is 4.79 Å². The van der Waals surface area contributed by atoms with E-state index in [0.717, 1.165) is 0 Å². The summed E-state index contributed by atoms with van der Waals surface area (Å²) in [6, 6.07) is -0.789. The number of hydrogen-bond acceptors (Lipinski definition) is 2. The first-order valence-corrected chi connectivity index (χ1v) is 5.27. The molecule has 2 N–H and O–H groups in total. The minimum Gasteiger partial charge on any atom is -0.480 e. The minimum atomic E-state index is -0.961. The molecule has 1 atom stereocenters. The molecule has 1 unspecified atom stereocenters. The molecule has 4 heteroatoms. The van der Waals surface area contributed by atoms with Crippen molar-refractivity contribution in [3.05, 3.63) is 0 Å². The van der Waals surface area contributed by atoms with Crippen LogP contribution in [0.15, 0.2) is 0 Å². The third kappa shape index (κ3) is 4.32. The summed E-state index contributed by atoms with van der Waals surface area (Å²) < 4.78 is 0. The number of nitrogens with one attached hydrogen (secondary N) is 1. The van der Waals surface area contributed by atoms with Crippen molar-refractivity contribution < 1.29 is 14.7 Å². The average molecular weight is 215 g/mol. The van der Waals surface area contributed by atoms with Crippen molar-refractivity contribution in [2.24, 2.45) is 17.8 Å². The molecular weight excluding hydrogens is 194 g/mol. The molecule has 0 saturated carbocycles. The number of rotatable bonds is 5. The second-order valence-corrected chi connectivity index (χ2v) is 4.58. The van der Waals surface area contributed by atoms with E-state index < -0.39 is 12.0 Å². The van der Waals surface area contributed by atoms with Gasteiger partial charge in [-0.2, -0.15) is 0 Å². The van der Waals surface area contributed by atoms with Crippen LogP contribution in [0, 0.1) is 17.8 Å². The summed E-state index contributed by atoms with van der Waals surface area (Å²) in [4.78, 5) is 22.0. The normalized spacial score (nSPS) is 13.3. The predicted molar refractivity (Wildman–Crippen MR) is 58.4 cm³/mol. The Morgan fingerprint density at radius 1 is 1.07 bits per heavy atom. The predicted octanol–water partition coefficient (Wildman–Crippen LogP) is 1.50. The van der Waals surface area contributed by atoms with E-state index in [1.807, 2.05) is 27.7 Å². The van der Waals surface area contributed by atoms with Gasteiger partial charge in [0, 0.05) is 6.92 Å². The van der Waals surface area contributed by atoms with Crippen LogP contribution in [0.1, 0.15) is 34.6 Å². The van der Waals surface area contributed by atoms with E-state index in [4.69, 9.17) is 5.11 Å². The van der Waals surface area contributed by atoms with Crippen molar-refractivity contribution in [3.63, 3.8) is 0 Å². The van der Waals surface area contributed by atoms with Crippen molar-refractivity contribution in [1.82, 2.24) is 5.32 Å². The summed E-state index contributed by atoms with van der Waals surface area (Å²) in [5.74, 6) is -0.867. The first-order chi connectivity index (χ1) is 6.77. The molecule has 0 fully saturated rings. The zero-order chi connectivity index (χ0) is 12.2. The summed E-state index contributed by atoms with van der Waals surface area (Å²) in [6.45, 7) is 9.24.